The van der Waals surface area contributed by atoms with Crippen LogP contribution in [-0.2, 0) is 6.42 Å². The maximum Gasteiger partial charge on any atom is 0.270 e. The molecule has 10 heteroatoms. The highest BCUT2D eigenvalue weighted by Gasteiger charge is 2.29. The fourth-order valence-corrected chi connectivity index (χ4v) is 6.31. The highest BCUT2D eigenvalue weighted by atomic mass is 16.2. The number of hydrogen-bond donors (Lipinski definition) is 3. The van der Waals surface area contributed by atoms with Gasteiger partial charge in [0.15, 0.2) is 11.4 Å². The van der Waals surface area contributed by atoms with E-state index < -0.39 is 17.7 Å². The second kappa shape index (κ2) is 11.8. The van der Waals surface area contributed by atoms with Gasteiger partial charge in [-0.15, -0.1) is 0 Å². The third-order valence-electron chi connectivity index (χ3n) is 8.62. The first kappa shape index (κ1) is 28.3. The van der Waals surface area contributed by atoms with Crippen LogP contribution < -0.4 is 16.0 Å². The molecule has 4 aromatic rings. The van der Waals surface area contributed by atoms with Crippen molar-refractivity contribution in [3.8, 4) is 0 Å². The molecule has 2 aliphatic rings. The van der Waals surface area contributed by atoms with Gasteiger partial charge in [-0.1, -0.05) is 43.2 Å². The van der Waals surface area contributed by atoms with E-state index in [1.165, 1.54) is 16.8 Å². The summed E-state index contributed by atoms with van der Waals surface area (Å²) in [4.78, 5) is 56.9. The number of anilines is 1. The molecule has 0 saturated heterocycles. The Labute approximate surface area is 249 Å². The normalized spacial score (nSPS) is 16.2. The van der Waals surface area contributed by atoms with Gasteiger partial charge in [0.2, 0.25) is 0 Å². The van der Waals surface area contributed by atoms with Crippen molar-refractivity contribution in [1.29, 1.82) is 0 Å². The molecule has 10 nitrogen and oxygen atoms in total. The quantitative estimate of drug-likeness (QED) is 0.257. The number of ketones is 1. The standard InChI is InChI=1S/C33H34N6O4/c1-19-23(20(2)40)12-13-25-24(19)14-15-27(25)38-33(43)29-16-28(32(42)34-17-21-8-6-7-9-21)37-30-26(18-35-39(29)30)31(41)36-22-10-4-3-5-11-22/h3-5,10-13,16,18,21,27H,6-9,14-15,17H2,1-2H3,(H,34,42)(H,36,41)(H,38,43)/t27-/m0/s1. The summed E-state index contributed by atoms with van der Waals surface area (Å²) in [6.07, 6.45) is 7.23. The van der Waals surface area contributed by atoms with Gasteiger partial charge in [-0.25, -0.2) is 9.50 Å². The molecule has 2 aromatic carbocycles. The van der Waals surface area contributed by atoms with E-state index in [9.17, 15) is 19.2 Å². The Hall–Kier alpha value is -4.86. The van der Waals surface area contributed by atoms with Gasteiger partial charge in [-0.05, 0) is 74.3 Å². The Bertz CT molecular complexity index is 1740. The maximum atomic E-state index is 13.8. The molecule has 2 aliphatic carbocycles. The first-order chi connectivity index (χ1) is 20.8. The van der Waals surface area contributed by atoms with Crippen LogP contribution in [0.15, 0.2) is 54.7 Å². The van der Waals surface area contributed by atoms with Gasteiger partial charge in [0, 0.05) is 23.9 Å². The number of nitrogens with one attached hydrogen (secondary N) is 3. The van der Waals surface area contributed by atoms with Gasteiger partial charge < -0.3 is 16.0 Å². The van der Waals surface area contributed by atoms with Gasteiger partial charge in [0.25, 0.3) is 17.7 Å². The number of aromatic nitrogens is 3. The number of para-hydroxylation sites is 1. The van der Waals surface area contributed by atoms with Crippen molar-refractivity contribution in [2.45, 2.75) is 58.4 Å². The fraction of sp³-hybridized carbons (Fsp3) is 0.333. The molecule has 1 atom stereocenters. The number of benzene rings is 2. The molecule has 3 amide bonds. The average Bonchev–Trinajstić information content (AvgIpc) is 3.76. The van der Waals surface area contributed by atoms with Crippen LogP contribution in [-0.4, -0.2) is 44.6 Å². The monoisotopic (exact) mass is 578 g/mol. The summed E-state index contributed by atoms with van der Waals surface area (Å²) in [6, 6.07) is 13.9. The second-order valence-electron chi connectivity index (χ2n) is 11.4. The Morgan fingerprint density at radius 1 is 0.930 bits per heavy atom. The number of carbonyl (C=O) groups is 4. The van der Waals surface area contributed by atoms with E-state index >= 15 is 0 Å². The molecule has 2 aromatic heterocycles. The van der Waals surface area contributed by atoms with Crippen LogP contribution in [0.2, 0.25) is 0 Å². The third kappa shape index (κ3) is 5.64. The van der Waals surface area contributed by atoms with Crippen molar-refractivity contribution in [3.63, 3.8) is 0 Å². The number of amides is 3. The molecular formula is C33H34N6O4. The molecular weight excluding hydrogens is 544 g/mol. The molecule has 3 N–H and O–H groups in total. The summed E-state index contributed by atoms with van der Waals surface area (Å²) in [5, 5.41) is 13.2. The van der Waals surface area contributed by atoms with E-state index in [1.54, 1.807) is 19.1 Å². The van der Waals surface area contributed by atoms with Gasteiger partial charge in [0.05, 0.1) is 12.2 Å². The van der Waals surface area contributed by atoms with Crippen molar-refractivity contribution in [2.75, 3.05) is 11.9 Å². The molecule has 43 heavy (non-hydrogen) atoms. The molecule has 0 unspecified atom stereocenters. The Kier molecular flexibility index (Phi) is 7.75. The van der Waals surface area contributed by atoms with E-state index in [0.29, 0.717) is 30.1 Å². The first-order valence-electron chi connectivity index (χ1n) is 14.8. The zero-order chi connectivity index (χ0) is 30.1. The van der Waals surface area contributed by atoms with Crippen molar-refractivity contribution < 1.29 is 19.2 Å². The van der Waals surface area contributed by atoms with E-state index in [2.05, 4.69) is 26.0 Å². The third-order valence-corrected chi connectivity index (χ3v) is 8.62. The summed E-state index contributed by atoms with van der Waals surface area (Å²) in [5.74, 6) is -0.868. The molecule has 6 rings (SSSR count). The molecule has 0 spiro atoms. The number of carbonyl (C=O) groups excluding carboxylic acids is 4. The maximum absolute atomic E-state index is 13.8. The smallest absolute Gasteiger partial charge is 0.270 e. The second-order valence-corrected chi connectivity index (χ2v) is 11.4. The number of Topliss-reactive ketones (excluding diaryl/α,β-unsaturated/α-hetero) is 1. The zero-order valence-corrected chi connectivity index (χ0v) is 24.3. The average molecular weight is 579 g/mol. The van der Waals surface area contributed by atoms with Crippen LogP contribution in [0.25, 0.3) is 5.65 Å². The van der Waals surface area contributed by atoms with Crippen LogP contribution >= 0.6 is 0 Å². The minimum absolute atomic E-state index is 0.0106. The zero-order valence-electron chi connectivity index (χ0n) is 24.3. The lowest BCUT2D eigenvalue weighted by molar-refractivity contribution is 0.0926. The van der Waals surface area contributed by atoms with Crippen molar-refractivity contribution in [3.05, 3.63) is 93.9 Å². The Morgan fingerprint density at radius 3 is 2.44 bits per heavy atom. The molecule has 0 radical (unpaired) electrons. The topological polar surface area (TPSA) is 135 Å². The summed E-state index contributed by atoms with van der Waals surface area (Å²) >= 11 is 0. The predicted octanol–water partition coefficient (Wildman–Crippen LogP) is 4.83. The van der Waals surface area contributed by atoms with Crippen molar-refractivity contribution in [2.24, 2.45) is 5.92 Å². The summed E-state index contributed by atoms with van der Waals surface area (Å²) in [6.45, 7) is 4.03. The van der Waals surface area contributed by atoms with Crippen LogP contribution in [0.1, 0.15) is 103 Å². The highest BCUT2D eigenvalue weighted by molar-refractivity contribution is 6.09. The largest absolute Gasteiger partial charge is 0.350 e. The summed E-state index contributed by atoms with van der Waals surface area (Å²) in [5.41, 5.74) is 4.66. The van der Waals surface area contributed by atoms with E-state index in [-0.39, 0.29) is 34.4 Å². The number of hydrogen-bond acceptors (Lipinski definition) is 6. The minimum Gasteiger partial charge on any atom is -0.350 e. The van der Waals surface area contributed by atoms with Gasteiger partial charge in [0.1, 0.15) is 17.0 Å². The van der Waals surface area contributed by atoms with E-state index in [0.717, 1.165) is 48.8 Å². The summed E-state index contributed by atoms with van der Waals surface area (Å²) < 4.78 is 1.31. The van der Waals surface area contributed by atoms with Gasteiger partial charge in [-0.3, -0.25) is 19.2 Å². The van der Waals surface area contributed by atoms with Crippen LogP contribution in [0.4, 0.5) is 5.69 Å². The predicted molar refractivity (Wildman–Crippen MR) is 161 cm³/mol. The lowest BCUT2D eigenvalue weighted by Gasteiger charge is -2.17. The Morgan fingerprint density at radius 2 is 1.70 bits per heavy atom. The number of rotatable bonds is 8. The SMILES string of the molecule is CC(=O)c1ccc2c(c1C)CC[C@@H]2NC(=O)c1cc(C(=O)NCC2CCCC2)nc2c(C(=O)Nc3ccccc3)cnn12. The van der Waals surface area contributed by atoms with Gasteiger partial charge in [-0.2, -0.15) is 5.10 Å². The molecule has 0 bridgehead atoms. The van der Waals surface area contributed by atoms with Crippen LogP contribution in [0.3, 0.4) is 0 Å². The molecule has 220 valence electrons. The Balaban J connectivity index is 1.32. The van der Waals surface area contributed by atoms with E-state index in [4.69, 9.17) is 0 Å². The fourth-order valence-electron chi connectivity index (χ4n) is 6.31. The lowest BCUT2D eigenvalue weighted by Crippen LogP contribution is -2.32. The summed E-state index contributed by atoms with van der Waals surface area (Å²) in [7, 11) is 0. The molecule has 1 fully saturated rings. The van der Waals surface area contributed by atoms with E-state index in [1.807, 2.05) is 37.3 Å². The minimum atomic E-state index is -0.454. The van der Waals surface area contributed by atoms with Crippen molar-refractivity contribution in [1.82, 2.24) is 25.2 Å². The van der Waals surface area contributed by atoms with Crippen LogP contribution in [0, 0.1) is 12.8 Å². The number of nitrogens with zero attached hydrogens (tertiary/aromatic N) is 3. The van der Waals surface area contributed by atoms with Gasteiger partial charge >= 0.3 is 0 Å². The first-order valence-corrected chi connectivity index (χ1v) is 14.8. The lowest BCUT2D eigenvalue weighted by atomic mass is 9.96. The molecule has 0 aliphatic heterocycles. The molecule has 1 saturated carbocycles. The number of fused-ring (bicyclic) bond motifs is 2. The highest BCUT2D eigenvalue weighted by Crippen LogP contribution is 2.35. The van der Waals surface area contributed by atoms with Crippen LogP contribution in [0.5, 0.6) is 0 Å². The molecule has 2 heterocycles. The van der Waals surface area contributed by atoms with Crippen molar-refractivity contribution >= 4 is 34.8 Å².